The molecule has 7 nitrogen and oxygen atoms in total. The van der Waals surface area contributed by atoms with Gasteiger partial charge in [0.15, 0.2) is 11.5 Å². The van der Waals surface area contributed by atoms with Crippen LogP contribution in [0.1, 0.15) is 10.4 Å². The van der Waals surface area contributed by atoms with Gasteiger partial charge >= 0.3 is 0 Å². The molecule has 8 heteroatoms. The van der Waals surface area contributed by atoms with Crippen LogP contribution in [-0.4, -0.2) is 75.4 Å². The number of carbonyl (C=O) groups is 1. The number of piperazine rings is 1. The molecule has 30 heavy (non-hydrogen) atoms. The average molecular weight is 433 g/mol. The van der Waals surface area contributed by atoms with Crippen molar-refractivity contribution in [3.05, 3.63) is 47.0 Å². The van der Waals surface area contributed by atoms with Crippen molar-refractivity contribution in [3.63, 3.8) is 0 Å². The summed E-state index contributed by atoms with van der Waals surface area (Å²) < 4.78 is 22.1. The molecule has 1 saturated heterocycles. The zero-order valence-electron chi connectivity index (χ0n) is 16.9. The van der Waals surface area contributed by atoms with Crippen molar-refractivity contribution >= 4 is 17.5 Å². The van der Waals surface area contributed by atoms with Gasteiger partial charge < -0.3 is 23.8 Å². The standard InChI is InChI=1S/C22H25ClN2O5/c1-27-17-2-4-18(5-3-17)28-11-10-24-6-8-25(9-7-24)22(26)16-14-19(23)21-20(15-16)29-12-13-30-21/h2-5,14-15H,6-13H2,1H3. The van der Waals surface area contributed by atoms with E-state index < -0.39 is 0 Å². The highest BCUT2D eigenvalue weighted by molar-refractivity contribution is 6.32. The maximum absolute atomic E-state index is 12.9. The zero-order chi connectivity index (χ0) is 20.9. The van der Waals surface area contributed by atoms with Gasteiger partial charge in [0.1, 0.15) is 31.3 Å². The van der Waals surface area contributed by atoms with Crippen molar-refractivity contribution in [2.24, 2.45) is 0 Å². The van der Waals surface area contributed by atoms with Crippen LogP contribution in [0.5, 0.6) is 23.0 Å². The normalized spacial score (nSPS) is 16.3. The Balaban J connectivity index is 1.26. The minimum Gasteiger partial charge on any atom is -0.497 e. The maximum Gasteiger partial charge on any atom is 0.254 e. The van der Waals surface area contributed by atoms with E-state index in [1.165, 1.54) is 0 Å². The third kappa shape index (κ3) is 4.74. The number of amides is 1. The summed E-state index contributed by atoms with van der Waals surface area (Å²) in [5, 5.41) is 0.407. The summed E-state index contributed by atoms with van der Waals surface area (Å²) in [5.74, 6) is 2.64. The highest BCUT2D eigenvalue weighted by Crippen LogP contribution is 2.38. The molecular formula is C22H25ClN2O5. The zero-order valence-corrected chi connectivity index (χ0v) is 17.7. The Bertz CT molecular complexity index is 882. The first-order valence-corrected chi connectivity index (χ1v) is 10.4. The molecular weight excluding hydrogens is 408 g/mol. The molecule has 1 amide bonds. The number of benzene rings is 2. The molecule has 2 aromatic rings. The SMILES string of the molecule is COc1ccc(OCCN2CCN(C(=O)c3cc(Cl)c4c(c3)OCCO4)CC2)cc1. The summed E-state index contributed by atoms with van der Waals surface area (Å²) in [6.45, 7) is 5.25. The Kier molecular flexibility index (Phi) is 6.50. The number of hydrogen-bond acceptors (Lipinski definition) is 6. The summed E-state index contributed by atoms with van der Waals surface area (Å²) in [6.07, 6.45) is 0. The van der Waals surface area contributed by atoms with Crippen LogP contribution in [0.3, 0.4) is 0 Å². The van der Waals surface area contributed by atoms with E-state index >= 15 is 0 Å². The Morgan fingerprint density at radius 1 is 1.03 bits per heavy atom. The molecule has 0 atom stereocenters. The molecule has 2 heterocycles. The van der Waals surface area contributed by atoms with Crippen LogP contribution in [0.25, 0.3) is 0 Å². The molecule has 0 saturated carbocycles. The fourth-order valence-corrected chi connectivity index (χ4v) is 3.82. The summed E-state index contributed by atoms with van der Waals surface area (Å²) in [6, 6.07) is 10.9. The minimum absolute atomic E-state index is 0.0389. The Morgan fingerprint density at radius 2 is 1.73 bits per heavy atom. The van der Waals surface area contributed by atoms with Crippen LogP contribution in [-0.2, 0) is 0 Å². The van der Waals surface area contributed by atoms with Gasteiger partial charge in [0.05, 0.1) is 12.1 Å². The summed E-state index contributed by atoms with van der Waals surface area (Å²) in [4.78, 5) is 17.1. The number of methoxy groups -OCH3 is 1. The summed E-state index contributed by atoms with van der Waals surface area (Å²) in [5.41, 5.74) is 0.528. The smallest absolute Gasteiger partial charge is 0.254 e. The predicted octanol–water partition coefficient (Wildman–Crippen LogP) is 2.96. The van der Waals surface area contributed by atoms with Crippen LogP contribution in [0.4, 0.5) is 0 Å². The first-order chi connectivity index (χ1) is 14.6. The summed E-state index contributed by atoms with van der Waals surface area (Å²) >= 11 is 6.27. The highest BCUT2D eigenvalue weighted by atomic mass is 35.5. The van der Waals surface area contributed by atoms with E-state index in [1.807, 2.05) is 29.2 Å². The molecule has 0 N–H and O–H groups in total. The van der Waals surface area contributed by atoms with E-state index in [1.54, 1.807) is 19.2 Å². The highest BCUT2D eigenvalue weighted by Gasteiger charge is 2.25. The predicted molar refractivity (Wildman–Crippen MR) is 113 cm³/mol. The molecule has 2 aliphatic rings. The van der Waals surface area contributed by atoms with Gasteiger partial charge in [0, 0.05) is 38.3 Å². The fraction of sp³-hybridized carbons (Fsp3) is 0.409. The summed E-state index contributed by atoms with van der Waals surface area (Å²) in [7, 11) is 1.64. The molecule has 1 fully saturated rings. The number of carbonyl (C=O) groups excluding carboxylic acids is 1. The van der Waals surface area contributed by atoms with E-state index in [-0.39, 0.29) is 5.91 Å². The van der Waals surface area contributed by atoms with E-state index in [0.29, 0.717) is 55.0 Å². The van der Waals surface area contributed by atoms with Crippen LogP contribution >= 0.6 is 11.6 Å². The van der Waals surface area contributed by atoms with Crippen molar-refractivity contribution in [1.29, 1.82) is 0 Å². The molecule has 4 rings (SSSR count). The Labute approximate surface area is 181 Å². The molecule has 0 spiro atoms. The fourth-order valence-electron chi connectivity index (χ4n) is 3.56. The molecule has 0 radical (unpaired) electrons. The first kappa shape index (κ1) is 20.6. The molecule has 2 aromatic carbocycles. The molecule has 160 valence electrons. The van der Waals surface area contributed by atoms with Crippen molar-refractivity contribution in [2.75, 3.05) is 59.7 Å². The van der Waals surface area contributed by atoms with Gasteiger partial charge in [-0.05, 0) is 36.4 Å². The lowest BCUT2D eigenvalue weighted by atomic mass is 10.1. The Hall–Kier alpha value is -2.64. The molecule has 0 bridgehead atoms. The number of nitrogens with zero attached hydrogens (tertiary/aromatic N) is 2. The lowest BCUT2D eigenvalue weighted by Gasteiger charge is -2.34. The number of rotatable bonds is 6. The Morgan fingerprint density at radius 3 is 2.47 bits per heavy atom. The second-order valence-electron chi connectivity index (χ2n) is 7.14. The van der Waals surface area contributed by atoms with Crippen molar-refractivity contribution < 1.29 is 23.7 Å². The number of ether oxygens (including phenoxy) is 4. The van der Waals surface area contributed by atoms with Gasteiger partial charge in [-0.2, -0.15) is 0 Å². The van der Waals surface area contributed by atoms with Gasteiger partial charge in [-0.15, -0.1) is 0 Å². The van der Waals surface area contributed by atoms with Gasteiger partial charge in [-0.3, -0.25) is 9.69 Å². The average Bonchev–Trinajstić information content (AvgIpc) is 2.79. The van der Waals surface area contributed by atoms with Gasteiger partial charge in [-0.1, -0.05) is 11.6 Å². The van der Waals surface area contributed by atoms with E-state index in [0.717, 1.165) is 31.1 Å². The van der Waals surface area contributed by atoms with Gasteiger partial charge in [-0.25, -0.2) is 0 Å². The van der Waals surface area contributed by atoms with Crippen LogP contribution in [0.2, 0.25) is 5.02 Å². The molecule has 2 aliphatic heterocycles. The third-order valence-electron chi connectivity index (χ3n) is 5.24. The van der Waals surface area contributed by atoms with Crippen molar-refractivity contribution in [2.45, 2.75) is 0 Å². The number of fused-ring (bicyclic) bond motifs is 1. The number of hydrogen-bond donors (Lipinski definition) is 0. The first-order valence-electron chi connectivity index (χ1n) is 10.0. The van der Waals surface area contributed by atoms with Crippen molar-refractivity contribution in [1.82, 2.24) is 9.80 Å². The van der Waals surface area contributed by atoms with Gasteiger partial charge in [0.25, 0.3) is 5.91 Å². The quantitative estimate of drug-likeness (QED) is 0.699. The third-order valence-corrected chi connectivity index (χ3v) is 5.52. The van der Waals surface area contributed by atoms with Crippen molar-refractivity contribution in [3.8, 4) is 23.0 Å². The lowest BCUT2D eigenvalue weighted by Crippen LogP contribution is -2.49. The van der Waals surface area contributed by atoms with E-state index in [9.17, 15) is 4.79 Å². The second kappa shape index (κ2) is 9.45. The number of halogens is 1. The molecule has 0 aliphatic carbocycles. The van der Waals surface area contributed by atoms with E-state index in [4.69, 9.17) is 30.5 Å². The van der Waals surface area contributed by atoms with Crippen LogP contribution < -0.4 is 18.9 Å². The maximum atomic E-state index is 12.9. The second-order valence-corrected chi connectivity index (χ2v) is 7.55. The largest absolute Gasteiger partial charge is 0.497 e. The van der Waals surface area contributed by atoms with Crippen LogP contribution in [0.15, 0.2) is 36.4 Å². The van der Waals surface area contributed by atoms with E-state index in [2.05, 4.69) is 4.90 Å². The molecule has 0 unspecified atom stereocenters. The lowest BCUT2D eigenvalue weighted by molar-refractivity contribution is 0.0619. The molecule has 0 aromatic heterocycles. The minimum atomic E-state index is -0.0389. The monoisotopic (exact) mass is 432 g/mol. The van der Waals surface area contributed by atoms with Gasteiger partial charge in [0.2, 0.25) is 0 Å². The van der Waals surface area contributed by atoms with Crippen LogP contribution in [0, 0.1) is 0 Å². The topological polar surface area (TPSA) is 60.5 Å².